The Kier molecular flexibility index (Phi) is 7.08. The van der Waals surface area contributed by atoms with E-state index in [0.29, 0.717) is 18.8 Å². The molecule has 1 saturated heterocycles. The minimum atomic E-state index is -3.70. The SMILES string of the molecule is Cc1ccc(OCC(=O)Nc2cc(S(=O)(=O)N3CCCCC3)ccc2Cl)c([N+](=O)[O-])n1. The molecule has 0 saturated carbocycles. The fraction of sp³-hybridized carbons (Fsp3) is 0.368. The number of amides is 1. The highest BCUT2D eigenvalue weighted by atomic mass is 35.5. The number of pyridine rings is 1. The molecule has 1 aliphatic rings. The number of rotatable bonds is 7. The fourth-order valence-corrected chi connectivity index (χ4v) is 4.83. The molecule has 0 aliphatic carbocycles. The van der Waals surface area contributed by atoms with Crippen LogP contribution in [-0.4, -0.2) is 48.2 Å². The number of sulfonamides is 1. The number of aryl methyl sites for hydroxylation is 1. The lowest BCUT2D eigenvalue weighted by Crippen LogP contribution is -2.35. The van der Waals surface area contributed by atoms with Crippen LogP contribution >= 0.6 is 11.6 Å². The number of benzene rings is 1. The molecular weight excluding hydrogens is 448 g/mol. The first kappa shape index (κ1) is 22.9. The van der Waals surface area contributed by atoms with Gasteiger partial charge in [0.2, 0.25) is 15.8 Å². The predicted octanol–water partition coefficient (Wildman–Crippen LogP) is 3.14. The molecule has 1 fully saturated rings. The van der Waals surface area contributed by atoms with Gasteiger partial charge in [-0.25, -0.2) is 8.42 Å². The minimum Gasteiger partial charge on any atom is -0.476 e. The Morgan fingerprint density at radius 3 is 2.65 bits per heavy atom. The van der Waals surface area contributed by atoms with Gasteiger partial charge in [-0.05, 0) is 53.1 Å². The molecule has 0 bridgehead atoms. The topological polar surface area (TPSA) is 132 Å². The summed E-state index contributed by atoms with van der Waals surface area (Å²) in [6.07, 6.45) is 2.59. The summed E-state index contributed by atoms with van der Waals surface area (Å²) < 4.78 is 32.4. The van der Waals surface area contributed by atoms with Gasteiger partial charge >= 0.3 is 5.82 Å². The Morgan fingerprint density at radius 2 is 1.97 bits per heavy atom. The lowest BCUT2D eigenvalue weighted by molar-refractivity contribution is -0.390. The zero-order valence-corrected chi connectivity index (χ0v) is 18.3. The van der Waals surface area contributed by atoms with Crippen LogP contribution < -0.4 is 10.1 Å². The molecule has 1 aromatic carbocycles. The number of carbonyl (C=O) groups excluding carboxylic acids is 1. The van der Waals surface area contributed by atoms with Crippen LogP contribution in [0.5, 0.6) is 5.75 Å². The summed E-state index contributed by atoms with van der Waals surface area (Å²) in [6, 6.07) is 6.95. The number of piperidine rings is 1. The molecule has 2 aromatic rings. The summed E-state index contributed by atoms with van der Waals surface area (Å²) in [6.45, 7) is 1.94. The third kappa shape index (κ3) is 5.49. The van der Waals surface area contributed by atoms with Gasteiger partial charge in [0.25, 0.3) is 5.91 Å². The lowest BCUT2D eigenvalue weighted by Gasteiger charge is -2.26. The zero-order valence-electron chi connectivity index (χ0n) is 16.7. The Hall–Kier alpha value is -2.76. The van der Waals surface area contributed by atoms with Gasteiger partial charge in [0.05, 0.1) is 15.6 Å². The van der Waals surface area contributed by atoms with Crippen LogP contribution in [0.4, 0.5) is 11.5 Å². The smallest absolute Gasteiger partial charge is 0.406 e. The Balaban J connectivity index is 1.72. The van der Waals surface area contributed by atoms with Crippen LogP contribution in [0.3, 0.4) is 0 Å². The highest BCUT2D eigenvalue weighted by molar-refractivity contribution is 7.89. The van der Waals surface area contributed by atoms with E-state index in [-0.39, 0.29) is 21.4 Å². The lowest BCUT2D eigenvalue weighted by atomic mass is 10.2. The monoisotopic (exact) mass is 468 g/mol. The van der Waals surface area contributed by atoms with Gasteiger partial charge in [-0.3, -0.25) is 4.79 Å². The van der Waals surface area contributed by atoms with E-state index in [0.717, 1.165) is 19.3 Å². The van der Waals surface area contributed by atoms with E-state index in [1.807, 2.05) is 0 Å². The average Bonchev–Trinajstić information content (AvgIpc) is 2.74. The van der Waals surface area contributed by atoms with Crippen molar-refractivity contribution in [1.82, 2.24) is 9.29 Å². The molecule has 1 aromatic heterocycles. The fourth-order valence-electron chi connectivity index (χ4n) is 3.12. The van der Waals surface area contributed by atoms with Gasteiger partial charge in [0.1, 0.15) is 5.69 Å². The summed E-state index contributed by atoms with van der Waals surface area (Å²) in [5.74, 6) is -1.32. The van der Waals surface area contributed by atoms with E-state index in [2.05, 4.69) is 10.3 Å². The molecular formula is C19H21ClN4O6S. The van der Waals surface area contributed by atoms with Gasteiger partial charge in [0, 0.05) is 20.0 Å². The number of nitrogens with one attached hydrogen (secondary N) is 1. The van der Waals surface area contributed by atoms with Crippen LogP contribution in [0.15, 0.2) is 35.2 Å². The second-order valence-corrected chi connectivity index (χ2v) is 9.32. The molecule has 0 atom stereocenters. The van der Waals surface area contributed by atoms with E-state index in [1.165, 1.54) is 34.6 Å². The maximum absolute atomic E-state index is 12.9. The molecule has 2 heterocycles. The highest BCUT2D eigenvalue weighted by Crippen LogP contribution is 2.29. The summed E-state index contributed by atoms with van der Waals surface area (Å²) in [5.41, 5.74) is 0.534. The van der Waals surface area contributed by atoms with Crippen molar-refractivity contribution >= 4 is 39.0 Å². The second-order valence-electron chi connectivity index (χ2n) is 6.97. The number of hydrogen-bond acceptors (Lipinski definition) is 7. The third-order valence-electron chi connectivity index (χ3n) is 4.67. The second kappa shape index (κ2) is 9.58. The van der Waals surface area contributed by atoms with Crippen LogP contribution in [-0.2, 0) is 14.8 Å². The predicted molar refractivity (Wildman–Crippen MR) is 114 cm³/mol. The molecule has 0 radical (unpaired) electrons. The first-order chi connectivity index (χ1) is 14.7. The number of carbonyl (C=O) groups is 1. The van der Waals surface area contributed by atoms with Crippen molar-refractivity contribution in [2.24, 2.45) is 0 Å². The number of anilines is 1. The van der Waals surface area contributed by atoms with Crippen LogP contribution in [0.2, 0.25) is 5.02 Å². The number of ether oxygens (including phenoxy) is 1. The van der Waals surface area contributed by atoms with Gasteiger partial charge in [-0.2, -0.15) is 4.31 Å². The number of aromatic nitrogens is 1. The Morgan fingerprint density at radius 1 is 1.26 bits per heavy atom. The van der Waals surface area contributed by atoms with E-state index < -0.39 is 33.3 Å². The maximum atomic E-state index is 12.9. The molecule has 1 N–H and O–H groups in total. The van der Waals surface area contributed by atoms with Crippen molar-refractivity contribution < 1.29 is 22.9 Å². The standard InChI is InChI=1S/C19H21ClN4O6S/c1-13-5-8-17(19(21-13)24(26)27)30-12-18(25)22-16-11-14(6-7-15(16)20)31(28,29)23-9-3-2-4-10-23/h5-8,11H,2-4,9-10,12H2,1H3,(H,22,25). The molecule has 12 heteroatoms. The summed E-state index contributed by atoms with van der Waals surface area (Å²) in [5, 5.41) is 13.7. The summed E-state index contributed by atoms with van der Waals surface area (Å²) >= 11 is 6.11. The van der Waals surface area contributed by atoms with Crippen LogP contribution in [0, 0.1) is 17.0 Å². The van der Waals surface area contributed by atoms with Crippen LogP contribution in [0.1, 0.15) is 25.0 Å². The van der Waals surface area contributed by atoms with E-state index >= 15 is 0 Å². The third-order valence-corrected chi connectivity index (χ3v) is 6.90. The summed E-state index contributed by atoms with van der Waals surface area (Å²) in [7, 11) is -3.70. The zero-order chi connectivity index (χ0) is 22.6. The van der Waals surface area contributed by atoms with E-state index in [9.17, 15) is 23.3 Å². The van der Waals surface area contributed by atoms with E-state index in [1.54, 1.807) is 6.92 Å². The minimum absolute atomic E-state index is 0.0217. The van der Waals surface area contributed by atoms with Gasteiger partial charge < -0.3 is 20.2 Å². The van der Waals surface area contributed by atoms with Crippen molar-refractivity contribution in [3.8, 4) is 5.75 Å². The van der Waals surface area contributed by atoms with Crippen molar-refractivity contribution in [1.29, 1.82) is 0 Å². The molecule has 3 rings (SSSR count). The largest absolute Gasteiger partial charge is 0.476 e. The van der Waals surface area contributed by atoms with Crippen LogP contribution in [0.25, 0.3) is 0 Å². The molecule has 0 spiro atoms. The van der Waals surface area contributed by atoms with Gasteiger partial charge in [0.15, 0.2) is 6.61 Å². The number of halogens is 1. The number of hydrogen-bond donors (Lipinski definition) is 1. The molecule has 10 nitrogen and oxygen atoms in total. The Bertz CT molecular complexity index is 1100. The quantitative estimate of drug-likeness (QED) is 0.487. The van der Waals surface area contributed by atoms with Crippen molar-refractivity contribution in [2.75, 3.05) is 25.0 Å². The summed E-state index contributed by atoms with van der Waals surface area (Å²) in [4.78, 5) is 26.5. The average molecular weight is 469 g/mol. The first-order valence-corrected chi connectivity index (χ1v) is 11.3. The molecule has 31 heavy (non-hydrogen) atoms. The van der Waals surface area contributed by atoms with Crippen molar-refractivity contribution in [3.05, 3.63) is 51.2 Å². The normalized spacial score (nSPS) is 14.8. The first-order valence-electron chi connectivity index (χ1n) is 9.53. The highest BCUT2D eigenvalue weighted by Gasteiger charge is 2.27. The van der Waals surface area contributed by atoms with Gasteiger partial charge in [-0.15, -0.1) is 0 Å². The number of nitrogens with zero attached hydrogens (tertiary/aromatic N) is 3. The number of nitro groups is 1. The Labute approximate surface area is 184 Å². The van der Waals surface area contributed by atoms with Crippen molar-refractivity contribution in [3.63, 3.8) is 0 Å². The molecule has 166 valence electrons. The maximum Gasteiger partial charge on any atom is 0.406 e. The molecule has 0 unspecified atom stereocenters. The van der Waals surface area contributed by atoms with E-state index in [4.69, 9.17) is 16.3 Å². The van der Waals surface area contributed by atoms with Gasteiger partial charge in [-0.1, -0.05) is 18.0 Å². The molecule has 1 amide bonds. The van der Waals surface area contributed by atoms with Crippen molar-refractivity contribution in [2.45, 2.75) is 31.1 Å². The molecule has 1 aliphatic heterocycles.